The van der Waals surface area contributed by atoms with Gasteiger partial charge in [-0.05, 0) is 44.0 Å². The van der Waals surface area contributed by atoms with Gasteiger partial charge in [-0.2, -0.15) is 0 Å². The van der Waals surface area contributed by atoms with Crippen molar-refractivity contribution in [3.05, 3.63) is 51.1 Å². The summed E-state index contributed by atoms with van der Waals surface area (Å²) in [7, 11) is 0. The number of anilines is 1. The molecule has 0 bridgehead atoms. The Balaban J connectivity index is 1.82. The van der Waals surface area contributed by atoms with Crippen LogP contribution in [0.25, 0.3) is 0 Å². The van der Waals surface area contributed by atoms with E-state index in [1.807, 2.05) is 32.0 Å². The van der Waals surface area contributed by atoms with Crippen molar-refractivity contribution >= 4 is 40.9 Å². The average Bonchev–Trinajstić information content (AvgIpc) is 2.58. The minimum Gasteiger partial charge on any atom is -0.482 e. The highest BCUT2D eigenvalue weighted by Crippen LogP contribution is 2.25. The van der Waals surface area contributed by atoms with Crippen molar-refractivity contribution in [3.63, 3.8) is 0 Å². The van der Waals surface area contributed by atoms with Crippen molar-refractivity contribution < 1.29 is 19.1 Å². The zero-order valence-electron chi connectivity index (χ0n) is 14.6. The number of hydrogen-bond donors (Lipinski definition) is 1. The molecule has 1 aromatic heterocycles. The molecule has 0 atom stereocenters. The highest BCUT2D eigenvalue weighted by Gasteiger charge is 2.13. The summed E-state index contributed by atoms with van der Waals surface area (Å²) < 4.78 is 10.3. The Morgan fingerprint density at radius 2 is 1.81 bits per heavy atom. The van der Waals surface area contributed by atoms with E-state index in [1.54, 1.807) is 6.92 Å². The number of aromatic nitrogens is 1. The molecule has 2 aromatic rings. The van der Waals surface area contributed by atoms with E-state index in [0.717, 1.165) is 11.1 Å². The molecular formula is C18H18Cl2N2O4. The van der Waals surface area contributed by atoms with Gasteiger partial charge in [0.15, 0.2) is 19.0 Å². The van der Waals surface area contributed by atoms with Gasteiger partial charge in [0.1, 0.15) is 5.75 Å². The van der Waals surface area contributed by atoms with Crippen molar-refractivity contribution in [2.24, 2.45) is 0 Å². The molecule has 0 fully saturated rings. The molecule has 138 valence electrons. The zero-order chi connectivity index (χ0) is 19.3. The Labute approximate surface area is 161 Å². The van der Waals surface area contributed by atoms with Crippen LogP contribution >= 0.6 is 23.2 Å². The molecule has 6 nitrogen and oxygen atoms in total. The normalized spacial score (nSPS) is 10.3. The maximum Gasteiger partial charge on any atom is 0.344 e. The third-order valence-corrected chi connectivity index (χ3v) is 4.09. The molecule has 0 aliphatic rings. The molecule has 1 N–H and O–H groups in total. The fourth-order valence-electron chi connectivity index (χ4n) is 2.00. The van der Waals surface area contributed by atoms with Crippen molar-refractivity contribution in [3.8, 4) is 5.75 Å². The Bertz CT molecular complexity index is 840. The summed E-state index contributed by atoms with van der Waals surface area (Å²) in [5.74, 6) is -0.478. The quantitative estimate of drug-likeness (QED) is 0.749. The van der Waals surface area contributed by atoms with Gasteiger partial charge in [-0.1, -0.05) is 35.3 Å². The molecule has 0 saturated heterocycles. The number of ether oxygens (including phenoxy) is 2. The number of aryl methyl sites for hydroxylation is 3. The van der Waals surface area contributed by atoms with Crippen molar-refractivity contribution in [2.45, 2.75) is 20.8 Å². The van der Waals surface area contributed by atoms with E-state index in [9.17, 15) is 9.59 Å². The van der Waals surface area contributed by atoms with Crippen LogP contribution in [-0.2, 0) is 14.3 Å². The summed E-state index contributed by atoms with van der Waals surface area (Å²) in [5.41, 5.74) is 2.44. The monoisotopic (exact) mass is 396 g/mol. The minimum absolute atomic E-state index is 0.154. The Morgan fingerprint density at radius 3 is 2.54 bits per heavy atom. The number of amides is 1. The molecule has 1 aromatic carbocycles. The maximum absolute atomic E-state index is 11.9. The van der Waals surface area contributed by atoms with Crippen LogP contribution in [-0.4, -0.2) is 30.1 Å². The van der Waals surface area contributed by atoms with E-state index in [-0.39, 0.29) is 17.4 Å². The van der Waals surface area contributed by atoms with E-state index in [2.05, 4.69) is 10.3 Å². The molecule has 0 radical (unpaired) electrons. The second kappa shape index (κ2) is 8.87. The van der Waals surface area contributed by atoms with E-state index in [1.165, 1.54) is 6.07 Å². The molecule has 0 spiro atoms. The van der Waals surface area contributed by atoms with Gasteiger partial charge >= 0.3 is 5.97 Å². The Morgan fingerprint density at radius 1 is 1.08 bits per heavy atom. The predicted molar refractivity (Wildman–Crippen MR) is 100.0 cm³/mol. The number of nitrogens with one attached hydrogen (secondary N) is 1. The fourth-order valence-corrected chi connectivity index (χ4v) is 2.41. The molecule has 0 aliphatic heterocycles. The molecule has 0 aliphatic carbocycles. The lowest BCUT2D eigenvalue weighted by atomic mass is 10.1. The van der Waals surface area contributed by atoms with Gasteiger partial charge < -0.3 is 14.8 Å². The summed E-state index contributed by atoms with van der Waals surface area (Å²) in [6, 6.07) is 7.15. The standard InChI is InChI=1S/C18H18Cl2N2O4/c1-10-4-5-11(2)15(6-10)25-9-17(24)26-8-16(23)22-18-14(20)7-13(19)12(3)21-18/h4-7H,8-9H2,1-3H3,(H,21,22,23). The molecule has 1 amide bonds. The fraction of sp³-hybridized carbons (Fsp3) is 0.278. The van der Waals surface area contributed by atoms with Crippen molar-refractivity contribution in [1.29, 1.82) is 0 Å². The number of nitrogens with zero attached hydrogens (tertiary/aromatic N) is 1. The predicted octanol–water partition coefficient (Wildman–Crippen LogP) is 3.87. The summed E-state index contributed by atoms with van der Waals surface area (Å²) in [6.07, 6.45) is 0. The molecule has 26 heavy (non-hydrogen) atoms. The lowest BCUT2D eigenvalue weighted by Gasteiger charge is -2.11. The van der Waals surface area contributed by atoms with Gasteiger partial charge in [0.05, 0.1) is 15.7 Å². The zero-order valence-corrected chi connectivity index (χ0v) is 16.1. The van der Waals surface area contributed by atoms with Crippen molar-refractivity contribution in [2.75, 3.05) is 18.5 Å². The Hall–Kier alpha value is -2.31. The van der Waals surface area contributed by atoms with Gasteiger partial charge in [-0.3, -0.25) is 4.79 Å². The summed E-state index contributed by atoms with van der Waals surface area (Å²) in [4.78, 5) is 27.7. The highest BCUT2D eigenvalue weighted by atomic mass is 35.5. The Kier molecular flexibility index (Phi) is 6.83. The number of halogens is 2. The third kappa shape index (κ3) is 5.61. The number of carbonyl (C=O) groups excluding carboxylic acids is 2. The van der Waals surface area contributed by atoms with Crippen molar-refractivity contribution in [1.82, 2.24) is 4.98 Å². The van der Waals surface area contributed by atoms with Crippen LogP contribution in [0.15, 0.2) is 24.3 Å². The molecular weight excluding hydrogens is 379 g/mol. The summed E-state index contributed by atoms with van der Waals surface area (Å²) in [6.45, 7) is 4.70. The molecule has 8 heteroatoms. The van der Waals surface area contributed by atoms with E-state index < -0.39 is 18.5 Å². The number of carbonyl (C=O) groups is 2. The molecule has 0 unspecified atom stereocenters. The third-order valence-electron chi connectivity index (χ3n) is 3.42. The van der Waals surface area contributed by atoms with Crippen LogP contribution < -0.4 is 10.1 Å². The number of esters is 1. The van der Waals surface area contributed by atoms with E-state index in [0.29, 0.717) is 16.5 Å². The maximum atomic E-state index is 11.9. The minimum atomic E-state index is -0.660. The number of rotatable bonds is 6. The van der Waals surface area contributed by atoms with Gasteiger partial charge in [0.25, 0.3) is 5.91 Å². The average molecular weight is 397 g/mol. The lowest BCUT2D eigenvalue weighted by Crippen LogP contribution is -2.24. The first-order valence-corrected chi connectivity index (χ1v) is 8.50. The number of pyridine rings is 1. The number of benzene rings is 1. The smallest absolute Gasteiger partial charge is 0.344 e. The van der Waals surface area contributed by atoms with Crippen LogP contribution in [0.2, 0.25) is 10.0 Å². The van der Waals surface area contributed by atoms with E-state index >= 15 is 0 Å². The van der Waals surface area contributed by atoms with Crippen LogP contribution in [0, 0.1) is 20.8 Å². The first-order valence-electron chi connectivity index (χ1n) is 7.74. The number of hydrogen-bond acceptors (Lipinski definition) is 5. The van der Waals surface area contributed by atoms with E-state index in [4.69, 9.17) is 32.7 Å². The van der Waals surface area contributed by atoms with Gasteiger partial charge in [0.2, 0.25) is 0 Å². The van der Waals surface area contributed by atoms with Crippen LogP contribution in [0.4, 0.5) is 5.82 Å². The molecule has 1 heterocycles. The van der Waals surface area contributed by atoms with Crippen LogP contribution in [0.3, 0.4) is 0 Å². The lowest BCUT2D eigenvalue weighted by molar-refractivity contribution is -0.149. The second-order valence-corrected chi connectivity index (χ2v) is 6.47. The summed E-state index contributed by atoms with van der Waals surface area (Å²) >= 11 is 11.9. The first kappa shape index (κ1) is 20.0. The van der Waals surface area contributed by atoms with Gasteiger partial charge in [-0.25, -0.2) is 9.78 Å². The molecule has 2 rings (SSSR count). The molecule has 0 saturated carbocycles. The highest BCUT2D eigenvalue weighted by molar-refractivity contribution is 6.36. The summed E-state index contributed by atoms with van der Waals surface area (Å²) in [5, 5.41) is 3.05. The van der Waals surface area contributed by atoms with Gasteiger partial charge in [-0.15, -0.1) is 0 Å². The second-order valence-electron chi connectivity index (χ2n) is 5.65. The first-order chi connectivity index (χ1) is 12.3. The largest absolute Gasteiger partial charge is 0.482 e. The topological polar surface area (TPSA) is 77.5 Å². The van der Waals surface area contributed by atoms with Crippen LogP contribution in [0.5, 0.6) is 5.75 Å². The van der Waals surface area contributed by atoms with Gasteiger partial charge in [0, 0.05) is 0 Å². The van der Waals surface area contributed by atoms with Crippen LogP contribution in [0.1, 0.15) is 16.8 Å². The SMILES string of the molecule is Cc1ccc(C)c(OCC(=O)OCC(=O)Nc2nc(C)c(Cl)cc2Cl)c1.